The van der Waals surface area contributed by atoms with E-state index in [4.69, 9.17) is 0 Å². The Morgan fingerprint density at radius 3 is 3.05 bits per heavy atom. The monoisotopic (exact) mass is 309 g/mol. The molecule has 0 aliphatic carbocycles. The molecule has 114 valence electrons. The minimum Gasteiger partial charge on any atom is -0.392 e. The summed E-state index contributed by atoms with van der Waals surface area (Å²) in [5.74, 6) is 0. The van der Waals surface area contributed by atoms with Gasteiger partial charge in [-0.1, -0.05) is 6.42 Å². The van der Waals surface area contributed by atoms with Crippen molar-refractivity contribution in [3.05, 3.63) is 24.5 Å². The van der Waals surface area contributed by atoms with Gasteiger partial charge in [0.1, 0.15) is 10.5 Å². The third kappa shape index (κ3) is 2.45. The van der Waals surface area contributed by atoms with Crippen LogP contribution in [0.2, 0.25) is 0 Å². The van der Waals surface area contributed by atoms with Crippen LogP contribution in [-0.4, -0.2) is 46.5 Å². The fourth-order valence-electron chi connectivity index (χ4n) is 2.98. The van der Waals surface area contributed by atoms with Gasteiger partial charge in [-0.05, 0) is 31.9 Å². The van der Waals surface area contributed by atoms with Crippen molar-refractivity contribution < 1.29 is 13.5 Å². The quantitative estimate of drug-likeness (QED) is 0.899. The minimum absolute atomic E-state index is 0.234. The Kier molecular flexibility index (Phi) is 3.73. The first-order valence-electron chi connectivity index (χ1n) is 7.14. The number of pyridine rings is 1. The SMILES string of the molecule is CC(O)C1CCCCN1S(=O)(=O)c1c[nH]c2ncccc12. The number of aromatic nitrogens is 2. The second-order valence-corrected chi connectivity index (χ2v) is 7.33. The highest BCUT2D eigenvalue weighted by Gasteiger charge is 2.37. The Bertz CT molecular complexity index is 739. The summed E-state index contributed by atoms with van der Waals surface area (Å²) in [7, 11) is -3.64. The first kappa shape index (κ1) is 14.5. The van der Waals surface area contributed by atoms with E-state index in [0.29, 0.717) is 24.0 Å². The maximum absolute atomic E-state index is 12.9. The van der Waals surface area contributed by atoms with Crippen LogP contribution in [0.3, 0.4) is 0 Å². The molecule has 7 heteroatoms. The van der Waals surface area contributed by atoms with Crippen molar-refractivity contribution in [2.75, 3.05) is 6.54 Å². The van der Waals surface area contributed by atoms with Gasteiger partial charge < -0.3 is 10.1 Å². The lowest BCUT2D eigenvalue weighted by Gasteiger charge is -2.36. The number of rotatable bonds is 3. The highest BCUT2D eigenvalue weighted by atomic mass is 32.2. The zero-order chi connectivity index (χ0) is 15.0. The number of H-pyrrole nitrogens is 1. The molecule has 0 radical (unpaired) electrons. The summed E-state index contributed by atoms with van der Waals surface area (Å²) in [6.07, 6.45) is 4.89. The van der Waals surface area contributed by atoms with Gasteiger partial charge in [0.15, 0.2) is 0 Å². The summed E-state index contributed by atoms with van der Waals surface area (Å²) in [5, 5.41) is 10.5. The maximum atomic E-state index is 12.9. The molecule has 0 spiro atoms. The molecule has 2 aromatic heterocycles. The normalized spacial score (nSPS) is 22.5. The molecular weight excluding hydrogens is 290 g/mol. The Hall–Kier alpha value is -1.44. The highest BCUT2D eigenvalue weighted by molar-refractivity contribution is 7.89. The molecule has 1 aliphatic rings. The number of nitrogens with zero attached hydrogens (tertiary/aromatic N) is 2. The molecule has 2 aromatic rings. The van der Waals surface area contributed by atoms with Gasteiger partial charge in [0.25, 0.3) is 0 Å². The number of sulfonamides is 1. The van der Waals surface area contributed by atoms with Crippen LogP contribution in [0.1, 0.15) is 26.2 Å². The standard InChI is InChI=1S/C14H19N3O3S/c1-10(18)12-6-2-3-8-17(12)21(19,20)13-9-16-14-11(13)5-4-7-15-14/h4-5,7,9-10,12,18H,2-3,6,8H2,1H3,(H,15,16). The van der Waals surface area contributed by atoms with Gasteiger partial charge in [-0.3, -0.25) is 0 Å². The van der Waals surface area contributed by atoms with Crippen molar-refractivity contribution >= 4 is 21.1 Å². The molecule has 0 saturated carbocycles. The Balaban J connectivity index is 2.07. The Labute approximate surface area is 123 Å². The Morgan fingerprint density at radius 2 is 2.29 bits per heavy atom. The summed E-state index contributed by atoms with van der Waals surface area (Å²) in [5.41, 5.74) is 0.557. The van der Waals surface area contributed by atoms with Gasteiger partial charge in [-0.2, -0.15) is 4.31 Å². The van der Waals surface area contributed by atoms with E-state index in [1.807, 2.05) is 0 Å². The van der Waals surface area contributed by atoms with Crippen molar-refractivity contribution in [2.24, 2.45) is 0 Å². The van der Waals surface area contributed by atoms with Crippen molar-refractivity contribution in [3.63, 3.8) is 0 Å². The molecule has 2 atom stereocenters. The minimum atomic E-state index is -3.64. The lowest BCUT2D eigenvalue weighted by Crippen LogP contribution is -2.48. The second-order valence-electron chi connectivity index (χ2n) is 5.47. The molecule has 0 amide bonds. The van der Waals surface area contributed by atoms with E-state index >= 15 is 0 Å². The smallest absolute Gasteiger partial charge is 0.245 e. The van der Waals surface area contributed by atoms with Crippen LogP contribution in [0.5, 0.6) is 0 Å². The van der Waals surface area contributed by atoms with Crippen molar-refractivity contribution in [1.29, 1.82) is 0 Å². The number of hydrogen-bond acceptors (Lipinski definition) is 4. The van der Waals surface area contributed by atoms with Gasteiger partial charge in [0, 0.05) is 24.3 Å². The molecule has 2 unspecified atom stereocenters. The molecule has 1 saturated heterocycles. The van der Waals surface area contributed by atoms with Crippen molar-refractivity contribution in [1.82, 2.24) is 14.3 Å². The van der Waals surface area contributed by atoms with E-state index in [2.05, 4.69) is 9.97 Å². The van der Waals surface area contributed by atoms with Crippen LogP contribution in [0.15, 0.2) is 29.4 Å². The van der Waals surface area contributed by atoms with E-state index in [0.717, 1.165) is 12.8 Å². The second kappa shape index (κ2) is 5.40. The van der Waals surface area contributed by atoms with Crippen LogP contribution in [0.4, 0.5) is 0 Å². The first-order chi connectivity index (χ1) is 10.0. The van der Waals surface area contributed by atoms with Crippen molar-refractivity contribution in [2.45, 2.75) is 43.2 Å². The molecule has 21 heavy (non-hydrogen) atoms. The molecule has 6 nitrogen and oxygen atoms in total. The molecule has 3 rings (SSSR count). The average molecular weight is 309 g/mol. The largest absolute Gasteiger partial charge is 0.392 e. The molecule has 0 aromatic carbocycles. The van der Waals surface area contributed by atoms with Crippen LogP contribution in [-0.2, 0) is 10.0 Å². The number of fused-ring (bicyclic) bond motifs is 1. The Morgan fingerprint density at radius 1 is 1.48 bits per heavy atom. The van der Waals surface area contributed by atoms with E-state index in [1.54, 1.807) is 25.3 Å². The van der Waals surface area contributed by atoms with Gasteiger partial charge in [-0.25, -0.2) is 13.4 Å². The third-order valence-corrected chi connectivity index (χ3v) is 6.02. The van der Waals surface area contributed by atoms with Crippen molar-refractivity contribution in [3.8, 4) is 0 Å². The highest BCUT2D eigenvalue weighted by Crippen LogP contribution is 2.30. The van der Waals surface area contributed by atoms with E-state index < -0.39 is 16.1 Å². The predicted octanol–water partition coefficient (Wildman–Crippen LogP) is 1.49. The average Bonchev–Trinajstić information content (AvgIpc) is 2.92. The number of hydrogen-bond donors (Lipinski definition) is 2. The third-order valence-electron chi connectivity index (χ3n) is 4.05. The lowest BCUT2D eigenvalue weighted by atomic mass is 10.0. The first-order valence-corrected chi connectivity index (χ1v) is 8.58. The molecular formula is C14H19N3O3S. The zero-order valence-corrected chi connectivity index (χ0v) is 12.7. The summed E-state index contributed by atoms with van der Waals surface area (Å²) in [6.45, 7) is 2.10. The number of aromatic amines is 1. The van der Waals surface area contributed by atoms with Gasteiger partial charge >= 0.3 is 0 Å². The lowest BCUT2D eigenvalue weighted by molar-refractivity contribution is 0.0831. The van der Waals surface area contributed by atoms with Crippen LogP contribution >= 0.6 is 0 Å². The van der Waals surface area contributed by atoms with Gasteiger partial charge in [-0.15, -0.1) is 0 Å². The summed E-state index contributed by atoms with van der Waals surface area (Å²) >= 11 is 0. The van der Waals surface area contributed by atoms with E-state index in [-0.39, 0.29) is 10.9 Å². The van der Waals surface area contributed by atoms with E-state index in [9.17, 15) is 13.5 Å². The maximum Gasteiger partial charge on any atom is 0.245 e. The molecule has 2 N–H and O–H groups in total. The van der Waals surface area contributed by atoms with Crippen LogP contribution < -0.4 is 0 Å². The number of piperidine rings is 1. The van der Waals surface area contributed by atoms with Gasteiger partial charge in [0.2, 0.25) is 10.0 Å². The van der Waals surface area contributed by atoms with Gasteiger partial charge in [0.05, 0.1) is 12.1 Å². The molecule has 1 fully saturated rings. The summed E-state index contributed by atoms with van der Waals surface area (Å²) in [6, 6.07) is 3.11. The fourth-order valence-corrected chi connectivity index (χ4v) is 4.89. The van der Waals surface area contributed by atoms with Crippen LogP contribution in [0.25, 0.3) is 11.0 Å². The fraction of sp³-hybridized carbons (Fsp3) is 0.500. The molecule has 0 bridgehead atoms. The number of aliphatic hydroxyl groups excluding tert-OH is 1. The molecule has 1 aliphatic heterocycles. The zero-order valence-electron chi connectivity index (χ0n) is 11.9. The summed E-state index contributed by atoms with van der Waals surface area (Å²) in [4.78, 5) is 7.26. The predicted molar refractivity (Wildman–Crippen MR) is 79.3 cm³/mol. The number of aliphatic hydroxyl groups is 1. The molecule has 3 heterocycles. The van der Waals surface area contributed by atoms with E-state index in [1.165, 1.54) is 10.5 Å². The summed E-state index contributed by atoms with van der Waals surface area (Å²) < 4.78 is 27.3. The van der Waals surface area contributed by atoms with Crippen LogP contribution in [0, 0.1) is 0 Å². The number of nitrogens with one attached hydrogen (secondary N) is 1. The topological polar surface area (TPSA) is 86.3 Å².